The van der Waals surface area contributed by atoms with Crippen LogP contribution in [0.3, 0.4) is 0 Å². The van der Waals surface area contributed by atoms with Gasteiger partial charge in [0.25, 0.3) is 0 Å². The Kier molecular flexibility index (Phi) is 5.85. The molecule has 0 bridgehead atoms. The summed E-state index contributed by atoms with van der Waals surface area (Å²) in [6.45, 7) is 2.82. The van der Waals surface area contributed by atoms with Crippen molar-refractivity contribution in [1.29, 1.82) is 0 Å². The molecule has 1 aromatic carbocycles. The van der Waals surface area contributed by atoms with Crippen molar-refractivity contribution in [1.82, 2.24) is 20.0 Å². The zero-order chi connectivity index (χ0) is 18.5. The van der Waals surface area contributed by atoms with Gasteiger partial charge in [0.2, 0.25) is 11.8 Å². The lowest BCUT2D eigenvalue weighted by Gasteiger charge is -2.41. The van der Waals surface area contributed by atoms with Crippen LogP contribution in [0, 0.1) is 0 Å². The molecule has 0 aliphatic carbocycles. The quantitative estimate of drug-likeness (QED) is 0.814. The van der Waals surface area contributed by atoms with E-state index in [1.165, 1.54) is 7.05 Å². The number of rotatable bonds is 5. The van der Waals surface area contributed by atoms with Gasteiger partial charge in [-0.1, -0.05) is 30.3 Å². The van der Waals surface area contributed by atoms with E-state index in [2.05, 4.69) is 5.32 Å². The molecule has 2 aliphatic rings. The number of ether oxygens (including phenoxy) is 1. The van der Waals surface area contributed by atoms with Crippen molar-refractivity contribution < 1.29 is 19.1 Å². The molecule has 1 unspecified atom stereocenters. The van der Waals surface area contributed by atoms with Gasteiger partial charge in [0.1, 0.15) is 6.61 Å². The maximum Gasteiger partial charge on any atom is 0.325 e. The molecule has 8 nitrogen and oxygen atoms in total. The normalized spacial score (nSPS) is 21.7. The number of amides is 4. The first-order valence-corrected chi connectivity index (χ1v) is 8.75. The molecule has 0 saturated carbocycles. The van der Waals surface area contributed by atoms with Gasteiger partial charge in [-0.3, -0.25) is 19.4 Å². The average molecular weight is 360 g/mol. The fourth-order valence-electron chi connectivity index (χ4n) is 3.13. The lowest BCUT2D eigenvalue weighted by Crippen LogP contribution is -2.62. The lowest BCUT2D eigenvalue weighted by atomic mass is 10.2. The maximum absolute atomic E-state index is 12.3. The number of nitrogens with one attached hydrogen (secondary N) is 1. The Labute approximate surface area is 152 Å². The molecule has 0 spiro atoms. The molecule has 3 rings (SSSR count). The van der Waals surface area contributed by atoms with E-state index < -0.39 is 0 Å². The van der Waals surface area contributed by atoms with Gasteiger partial charge in [0, 0.05) is 33.2 Å². The Bertz CT molecular complexity index is 640. The summed E-state index contributed by atoms with van der Waals surface area (Å²) in [6.07, 6.45) is -0.0334. The third-order valence-corrected chi connectivity index (χ3v) is 4.78. The van der Waals surface area contributed by atoms with Gasteiger partial charge in [0.05, 0.1) is 19.2 Å². The highest BCUT2D eigenvalue weighted by molar-refractivity contribution is 5.96. The average Bonchev–Trinajstić information content (AvgIpc) is 2.66. The smallest absolute Gasteiger partial charge is 0.325 e. The van der Waals surface area contributed by atoms with Gasteiger partial charge in [0.15, 0.2) is 0 Å². The van der Waals surface area contributed by atoms with Gasteiger partial charge < -0.3 is 15.0 Å². The van der Waals surface area contributed by atoms with Gasteiger partial charge >= 0.3 is 6.03 Å². The first-order chi connectivity index (χ1) is 12.5. The number of carbonyl (C=O) groups is 3. The van der Waals surface area contributed by atoms with Crippen LogP contribution in [0.15, 0.2) is 30.3 Å². The van der Waals surface area contributed by atoms with E-state index in [0.29, 0.717) is 32.8 Å². The Hall–Kier alpha value is -2.45. The van der Waals surface area contributed by atoms with Gasteiger partial charge in [-0.05, 0) is 5.56 Å². The van der Waals surface area contributed by atoms with Crippen LogP contribution in [0.25, 0.3) is 0 Å². The molecule has 1 aromatic rings. The number of hydrogen-bond donors (Lipinski definition) is 1. The summed E-state index contributed by atoms with van der Waals surface area (Å²) in [5.74, 6) is -0.226. The van der Waals surface area contributed by atoms with Gasteiger partial charge in [-0.2, -0.15) is 0 Å². The minimum Gasteiger partial charge on any atom is -0.367 e. The highest BCUT2D eigenvalue weighted by atomic mass is 16.5. The Morgan fingerprint density at radius 1 is 1.15 bits per heavy atom. The molecule has 0 aromatic heterocycles. The Balaban J connectivity index is 1.41. The van der Waals surface area contributed by atoms with Crippen molar-refractivity contribution in [3.8, 4) is 0 Å². The monoisotopic (exact) mass is 360 g/mol. The van der Waals surface area contributed by atoms with Crippen LogP contribution in [0.4, 0.5) is 4.79 Å². The molecule has 140 valence electrons. The number of carbonyl (C=O) groups excluding carboxylic acids is 3. The van der Waals surface area contributed by atoms with Crippen molar-refractivity contribution in [2.24, 2.45) is 0 Å². The molecule has 4 amide bonds. The molecule has 2 aliphatic heterocycles. The number of nitrogens with zero attached hydrogens (tertiary/aromatic N) is 3. The Morgan fingerprint density at radius 2 is 1.85 bits per heavy atom. The second-order valence-corrected chi connectivity index (χ2v) is 6.52. The van der Waals surface area contributed by atoms with Crippen molar-refractivity contribution in [2.45, 2.75) is 19.2 Å². The first kappa shape index (κ1) is 18.3. The zero-order valence-electron chi connectivity index (χ0n) is 14.9. The van der Waals surface area contributed by atoms with E-state index in [4.69, 9.17) is 4.74 Å². The van der Waals surface area contributed by atoms with E-state index in [0.717, 1.165) is 10.5 Å². The van der Waals surface area contributed by atoms with Crippen molar-refractivity contribution in [3.05, 3.63) is 35.9 Å². The van der Waals surface area contributed by atoms with E-state index in [9.17, 15) is 14.4 Å². The van der Waals surface area contributed by atoms with Crippen LogP contribution in [0.5, 0.6) is 0 Å². The van der Waals surface area contributed by atoms with Crippen LogP contribution in [0.2, 0.25) is 0 Å². The van der Waals surface area contributed by atoms with Crippen molar-refractivity contribution in [3.63, 3.8) is 0 Å². The van der Waals surface area contributed by atoms with Crippen LogP contribution in [-0.4, -0.2) is 78.5 Å². The number of urea groups is 1. The molecular formula is C18H24N4O4. The Morgan fingerprint density at radius 3 is 2.50 bits per heavy atom. The molecule has 1 atom stereocenters. The third kappa shape index (κ3) is 4.39. The fourth-order valence-corrected chi connectivity index (χ4v) is 3.13. The van der Waals surface area contributed by atoms with Crippen LogP contribution < -0.4 is 5.32 Å². The van der Waals surface area contributed by atoms with E-state index >= 15 is 0 Å². The minimum absolute atomic E-state index is 0.0379. The first-order valence-electron chi connectivity index (χ1n) is 8.75. The molecule has 0 radical (unpaired) electrons. The van der Waals surface area contributed by atoms with E-state index in [1.807, 2.05) is 35.2 Å². The molecule has 8 heteroatoms. The van der Waals surface area contributed by atoms with E-state index in [-0.39, 0.29) is 37.0 Å². The van der Waals surface area contributed by atoms with Crippen molar-refractivity contribution in [2.75, 3.05) is 39.8 Å². The van der Waals surface area contributed by atoms with Crippen LogP contribution >= 0.6 is 0 Å². The third-order valence-electron chi connectivity index (χ3n) is 4.78. The van der Waals surface area contributed by atoms with Crippen LogP contribution in [-0.2, 0) is 20.9 Å². The molecule has 2 saturated heterocycles. The highest BCUT2D eigenvalue weighted by Crippen LogP contribution is 2.13. The highest BCUT2D eigenvalue weighted by Gasteiger charge is 2.34. The van der Waals surface area contributed by atoms with Gasteiger partial charge in [-0.25, -0.2) is 4.79 Å². The predicted molar refractivity (Wildman–Crippen MR) is 94.0 cm³/mol. The summed E-state index contributed by atoms with van der Waals surface area (Å²) in [5.41, 5.74) is 1.03. The minimum atomic E-state index is -0.376. The second kappa shape index (κ2) is 8.29. The zero-order valence-corrected chi connectivity index (χ0v) is 14.9. The van der Waals surface area contributed by atoms with E-state index in [1.54, 1.807) is 4.90 Å². The number of piperazine rings is 1. The molecule has 2 fully saturated rings. The topological polar surface area (TPSA) is 82.2 Å². The molecule has 2 heterocycles. The van der Waals surface area contributed by atoms with Crippen molar-refractivity contribution >= 4 is 17.8 Å². The fraction of sp³-hybridized carbons (Fsp3) is 0.500. The summed E-state index contributed by atoms with van der Waals surface area (Å²) >= 11 is 0. The molecular weight excluding hydrogens is 336 g/mol. The predicted octanol–water partition coefficient (Wildman–Crippen LogP) is 0.245. The summed E-state index contributed by atoms with van der Waals surface area (Å²) < 4.78 is 5.51. The van der Waals surface area contributed by atoms with Gasteiger partial charge in [-0.15, -0.1) is 0 Å². The number of hydrogen-bond acceptors (Lipinski definition) is 5. The summed E-state index contributed by atoms with van der Waals surface area (Å²) in [7, 11) is 1.47. The largest absolute Gasteiger partial charge is 0.367 e. The molecule has 1 N–H and O–H groups in total. The number of benzene rings is 1. The maximum atomic E-state index is 12.3. The summed E-state index contributed by atoms with van der Waals surface area (Å²) in [6, 6.07) is 9.35. The van der Waals surface area contributed by atoms with Crippen LogP contribution in [0.1, 0.15) is 12.0 Å². The SMILES string of the molecule is CN1C(=O)CC(N2CCN(C(=O)COCc3ccccc3)CC2)NC1=O. The standard InChI is InChI=1S/C18H24N4O4/c1-20-16(23)11-15(19-18(20)25)21-7-9-22(10-8-21)17(24)13-26-12-14-5-3-2-4-6-14/h2-6,15H,7-13H2,1H3,(H,19,25). The second-order valence-electron chi connectivity index (χ2n) is 6.52. The lowest BCUT2D eigenvalue weighted by molar-refractivity contribution is -0.140. The summed E-state index contributed by atoms with van der Waals surface area (Å²) in [5, 5.41) is 2.83. The summed E-state index contributed by atoms with van der Waals surface area (Å²) in [4.78, 5) is 40.7. The number of imide groups is 1. The molecule has 26 heavy (non-hydrogen) atoms.